The molecule has 0 saturated carbocycles. The van der Waals surface area contributed by atoms with E-state index in [9.17, 15) is 9.59 Å². The van der Waals surface area contributed by atoms with E-state index in [0.29, 0.717) is 37.8 Å². The number of nitrogens with one attached hydrogen (secondary N) is 1. The van der Waals surface area contributed by atoms with Gasteiger partial charge in [-0.25, -0.2) is 0 Å². The van der Waals surface area contributed by atoms with Crippen molar-refractivity contribution in [3.8, 4) is 16.9 Å². The second-order valence-corrected chi connectivity index (χ2v) is 11.7. The average molecular weight is 612 g/mol. The van der Waals surface area contributed by atoms with E-state index in [1.807, 2.05) is 66.7 Å². The molecular formula is C37H45N3O5. The van der Waals surface area contributed by atoms with Crippen LogP contribution in [0.3, 0.4) is 0 Å². The van der Waals surface area contributed by atoms with Crippen LogP contribution in [0.25, 0.3) is 17.2 Å². The third-order valence-corrected chi connectivity index (χ3v) is 8.53. The normalized spacial score (nSPS) is 15.3. The van der Waals surface area contributed by atoms with Crippen LogP contribution in [0.1, 0.15) is 50.2 Å². The first-order chi connectivity index (χ1) is 22.1. The van der Waals surface area contributed by atoms with Gasteiger partial charge in [0.1, 0.15) is 12.4 Å². The van der Waals surface area contributed by atoms with Gasteiger partial charge in [0.15, 0.2) is 0 Å². The molecule has 0 spiro atoms. The van der Waals surface area contributed by atoms with Crippen LogP contribution in [-0.2, 0) is 25.6 Å². The van der Waals surface area contributed by atoms with Crippen LogP contribution in [-0.4, -0.2) is 69.9 Å². The quantitative estimate of drug-likeness (QED) is 0.165. The van der Waals surface area contributed by atoms with Gasteiger partial charge in [-0.2, -0.15) is 0 Å². The lowest BCUT2D eigenvalue weighted by Crippen LogP contribution is -2.36. The van der Waals surface area contributed by atoms with Crippen LogP contribution in [0.5, 0.6) is 5.75 Å². The molecule has 0 atom stereocenters. The zero-order chi connectivity index (χ0) is 31.4. The summed E-state index contributed by atoms with van der Waals surface area (Å²) in [5, 5.41) is 3.18. The van der Waals surface area contributed by atoms with E-state index in [1.165, 1.54) is 0 Å². The van der Waals surface area contributed by atoms with Crippen molar-refractivity contribution in [2.75, 3.05) is 56.8 Å². The Labute approximate surface area is 267 Å². The molecule has 0 bridgehead atoms. The molecule has 1 saturated heterocycles. The molecule has 2 aliphatic heterocycles. The molecule has 5 rings (SSSR count). The number of carbonyl (C=O) groups is 2. The van der Waals surface area contributed by atoms with Crippen LogP contribution in [0.15, 0.2) is 72.3 Å². The standard InChI is InChI=1S/C37H45N3O5/c1-3-4-19-43-22-23-45-34-12-9-28(10-13-34)29-11-14-36-32(24-29)25-30(15-18-40(36)27-41)37(42)38-35-8-6-5-7-31(35)26-39(2)33-16-20-44-21-17-33/h5-14,24-25,27,33H,3-4,15-23,26H2,1-2H3,(H,38,42). The molecule has 1 fully saturated rings. The number of hydrogen-bond donors (Lipinski definition) is 1. The monoisotopic (exact) mass is 611 g/mol. The van der Waals surface area contributed by atoms with Crippen molar-refractivity contribution in [2.45, 2.75) is 51.6 Å². The molecule has 0 unspecified atom stereocenters. The summed E-state index contributed by atoms with van der Waals surface area (Å²) >= 11 is 0. The highest BCUT2D eigenvalue weighted by Gasteiger charge is 2.22. The smallest absolute Gasteiger partial charge is 0.251 e. The fraction of sp³-hybridized carbons (Fsp3) is 0.405. The first kappa shape index (κ1) is 32.4. The Balaban J connectivity index is 1.29. The van der Waals surface area contributed by atoms with E-state index in [2.05, 4.69) is 30.3 Å². The lowest BCUT2D eigenvalue weighted by molar-refractivity contribution is -0.113. The second kappa shape index (κ2) is 16.4. The zero-order valence-electron chi connectivity index (χ0n) is 26.5. The highest BCUT2D eigenvalue weighted by atomic mass is 16.5. The molecule has 0 radical (unpaired) electrons. The van der Waals surface area contributed by atoms with Crippen LogP contribution in [0.2, 0.25) is 0 Å². The molecule has 2 amide bonds. The molecule has 238 valence electrons. The number of benzene rings is 3. The lowest BCUT2D eigenvalue weighted by atomic mass is 10.00. The summed E-state index contributed by atoms with van der Waals surface area (Å²) in [4.78, 5) is 29.7. The minimum absolute atomic E-state index is 0.152. The van der Waals surface area contributed by atoms with Crippen molar-refractivity contribution in [3.05, 3.63) is 83.4 Å². The number of carbonyl (C=O) groups excluding carboxylic acids is 2. The predicted octanol–water partition coefficient (Wildman–Crippen LogP) is 6.55. The summed E-state index contributed by atoms with van der Waals surface area (Å²) in [6, 6.07) is 22.4. The number of hydrogen-bond acceptors (Lipinski definition) is 6. The first-order valence-electron chi connectivity index (χ1n) is 16.1. The van der Waals surface area contributed by atoms with E-state index >= 15 is 0 Å². The van der Waals surface area contributed by atoms with Crippen molar-refractivity contribution in [2.24, 2.45) is 0 Å². The van der Waals surface area contributed by atoms with Gasteiger partial charge in [-0.05, 0) is 91.4 Å². The summed E-state index contributed by atoms with van der Waals surface area (Å²) in [5.41, 5.74) is 6.15. The fourth-order valence-electron chi connectivity index (χ4n) is 5.84. The second-order valence-electron chi connectivity index (χ2n) is 11.7. The Morgan fingerprint density at radius 3 is 2.58 bits per heavy atom. The maximum absolute atomic E-state index is 13.7. The van der Waals surface area contributed by atoms with Gasteiger partial charge in [0, 0.05) is 50.2 Å². The van der Waals surface area contributed by atoms with E-state index < -0.39 is 0 Å². The Morgan fingerprint density at radius 1 is 1.02 bits per heavy atom. The van der Waals surface area contributed by atoms with Crippen molar-refractivity contribution in [1.82, 2.24) is 4.90 Å². The summed E-state index contributed by atoms with van der Waals surface area (Å²) in [5.74, 6) is 0.637. The molecule has 1 N–H and O–H groups in total. The van der Waals surface area contributed by atoms with Gasteiger partial charge < -0.3 is 24.4 Å². The molecule has 2 aliphatic rings. The number of ether oxygens (including phenoxy) is 3. The van der Waals surface area contributed by atoms with E-state index in [1.54, 1.807) is 4.90 Å². The van der Waals surface area contributed by atoms with Crippen molar-refractivity contribution >= 4 is 29.8 Å². The largest absolute Gasteiger partial charge is 0.491 e. The molecule has 8 heteroatoms. The van der Waals surface area contributed by atoms with Crippen LogP contribution in [0, 0.1) is 0 Å². The molecule has 2 heterocycles. The Kier molecular flexibility index (Phi) is 11.8. The Bertz CT molecular complexity index is 1450. The highest BCUT2D eigenvalue weighted by molar-refractivity contribution is 6.08. The third kappa shape index (κ3) is 8.81. The molecule has 8 nitrogen and oxygen atoms in total. The van der Waals surface area contributed by atoms with Crippen LogP contribution in [0.4, 0.5) is 11.4 Å². The first-order valence-corrected chi connectivity index (χ1v) is 16.1. The van der Waals surface area contributed by atoms with Gasteiger partial charge in [-0.1, -0.05) is 49.7 Å². The van der Waals surface area contributed by atoms with Crippen LogP contribution < -0.4 is 15.0 Å². The van der Waals surface area contributed by atoms with E-state index in [4.69, 9.17) is 14.2 Å². The minimum atomic E-state index is -0.152. The van der Waals surface area contributed by atoms with Crippen molar-refractivity contribution in [3.63, 3.8) is 0 Å². The van der Waals surface area contributed by atoms with Crippen molar-refractivity contribution < 1.29 is 23.8 Å². The van der Waals surface area contributed by atoms with Gasteiger partial charge >= 0.3 is 0 Å². The van der Waals surface area contributed by atoms with E-state index in [-0.39, 0.29) is 5.91 Å². The fourth-order valence-corrected chi connectivity index (χ4v) is 5.84. The summed E-state index contributed by atoms with van der Waals surface area (Å²) in [7, 11) is 2.13. The molecule has 45 heavy (non-hydrogen) atoms. The average Bonchev–Trinajstić information content (AvgIpc) is 3.27. The van der Waals surface area contributed by atoms with Gasteiger partial charge in [-0.3, -0.25) is 14.5 Å². The number of fused-ring (bicyclic) bond motifs is 1. The number of unbranched alkanes of at least 4 members (excludes halogenated alkanes) is 1. The maximum atomic E-state index is 13.7. The predicted molar refractivity (Wildman–Crippen MR) is 179 cm³/mol. The van der Waals surface area contributed by atoms with Crippen molar-refractivity contribution in [1.29, 1.82) is 0 Å². The zero-order valence-corrected chi connectivity index (χ0v) is 26.5. The SMILES string of the molecule is CCCCOCCOc1ccc(-c2ccc3c(c2)C=C(C(=O)Nc2ccccc2CN(C)C2CCOCC2)CCN3C=O)cc1. The lowest BCUT2D eigenvalue weighted by Gasteiger charge is -2.31. The van der Waals surface area contributed by atoms with Crippen LogP contribution >= 0.6 is 0 Å². The molecule has 0 aliphatic carbocycles. The third-order valence-electron chi connectivity index (χ3n) is 8.53. The highest BCUT2D eigenvalue weighted by Crippen LogP contribution is 2.33. The minimum Gasteiger partial charge on any atom is -0.491 e. The number of anilines is 2. The Morgan fingerprint density at radius 2 is 1.80 bits per heavy atom. The summed E-state index contributed by atoms with van der Waals surface area (Å²) in [6.45, 7) is 6.73. The summed E-state index contributed by atoms with van der Waals surface area (Å²) in [6.07, 6.45) is 7.42. The molecule has 3 aromatic rings. The molecule has 3 aromatic carbocycles. The number of para-hydroxylation sites is 1. The van der Waals surface area contributed by atoms with Gasteiger partial charge in [0.05, 0.1) is 12.3 Å². The molecular weight excluding hydrogens is 566 g/mol. The van der Waals surface area contributed by atoms with Gasteiger partial charge in [0.25, 0.3) is 5.91 Å². The van der Waals surface area contributed by atoms with Gasteiger partial charge in [0.2, 0.25) is 6.41 Å². The Hall–Kier alpha value is -3.98. The topological polar surface area (TPSA) is 80.3 Å². The maximum Gasteiger partial charge on any atom is 0.251 e. The number of nitrogens with zero attached hydrogens (tertiary/aromatic N) is 2. The molecule has 0 aromatic heterocycles. The van der Waals surface area contributed by atoms with Gasteiger partial charge in [-0.15, -0.1) is 0 Å². The summed E-state index contributed by atoms with van der Waals surface area (Å²) < 4.78 is 16.9. The number of amides is 2. The number of rotatable bonds is 14. The van der Waals surface area contributed by atoms with E-state index in [0.717, 1.165) is 97.8 Å².